The second-order valence-electron chi connectivity index (χ2n) is 4.33. The Bertz CT molecular complexity index is 327. The number of thiophene rings is 1. The number of likely N-dealkylation sites (N-methyl/N-ethyl adjacent to an activating group) is 1. The third-order valence-corrected chi connectivity index (χ3v) is 3.45. The molecule has 0 radical (unpaired) electrons. The maximum Gasteiger partial charge on any atom is 0.242 e. The summed E-state index contributed by atoms with van der Waals surface area (Å²) in [6, 6.07) is 4.10. The van der Waals surface area contributed by atoms with Crippen LogP contribution in [0.25, 0.3) is 0 Å². The van der Waals surface area contributed by atoms with Crippen molar-refractivity contribution >= 4 is 17.2 Å². The van der Waals surface area contributed by atoms with Gasteiger partial charge in [0.15, 0.2) is 0 Å². The molecule has 1 atom stereocenters. The highest BCUT2D eigenvalue weighted by molar-refractivity contribution is 7.10. The molecule has 1 amide bonds. The molecule has 0 saturated carbocycles. The van der Waals surface area contributed by atoms with Crippen molar-refractivity contribution in [3.63, 3.8) is 0 Å². The summed E-state index contributed by atoms with van der Waals surface area (Å²) in [6.07, 6.45) is 0. The number of nitrogens with two attached hydrogens (primary N) is 1. The molecule has 1 aromatic heterocycles. The second kappa shape index (κ2) is 4.33. The lowest BCUT2D eigenvalue weighted by molar-refractivity contribution is -0.136. The topological polar surface area (TPSA) is 46.3 Å². The highest BCUT2D eigenvalue weighted by atomic mass is 32.1. The number of carbonyl (C=O) groups is 1. The van der Waals surface area contributed by atoms with E-state index in [1.165, 1.54) is 4.88 Å². The minimum absolute atomic E-state index is 0.0385. The molecule has 0 aliphatic rings. The molecule has 0 aliphatic carbocycles. The molecule has 2 N–H and O–H groups in total. The molecule has 1 aromatic rings. The van der Waals surface area contributed by atoms with Crippen molar-refractivity contribution in [2.24, 2.45) is 5.73 Å². The van der Waals surface area contributed by atoms with Crippen molar-refractivity contribution in [2.75, 3.05) is 7.05 Å². The van der Waals surface area contributed by atoms with Gasteiger partial charge in [-0.05, 0) is 32.2 Å². The number of nitrogens with zero attached hydrogens (tertiary/aromatic N) is 1. The van der Waals surface area contributed by atoms with Crippen LogP contribution in [0.3, 0.4) is 0 Å². The summed E-state index contributed by atoms with van der Waals surface area (Å²) < 4.78 is 0. The highest BCUT2D eigenvalue weighted by Crippen LogP contribution is 2.24. The van der Waals surface area contributed by atoms with Crippen molar-refractivity contribution in [3.8, 4) is 0 Å². The third-order valence-electron chi connectivity index (χ3n) is 2.41. The maximum atomic E-state index is 11.9. The monoisotopic (exact) mass is 226 g/mol. The number of amides is 1. The Morgan fingerprint density at radius 2 is 2.20 bits per heavy atom. The SMILES string of the molecule is CC(c1cccs1)N(C)C(=O)C(C)(C)N. The molecular formula is C11H18N2OS. The van der Waals surface area contributed by atoms with Crippen molar-refractivity contribution < 1.29 is 4.79 Å². The zero-order valence-electron chi connectivity index (χ0n) is 9.65. The lowest BCUT2D eigenvalue weighted by Gasteiger charge is -2.30. The first-order valence-corrected chi connectivity index (χ1v) is 5.81. The third kappa shape index (κ3) is 2.79. The van der Waals surface area contributed by atoms with Crippen LogP contribution in [0.5, 0.6) is 0 Å². The first kappa shape index (κ1) is 12.2. The maximum absolute atomic E-state index is 11.9. The predicted octanol–water partition coefficient (Wildman–Crippen LogP) is 2.00. The molecule has 4 heteroatoms. The molecular weight excluding hydrogens is 208 g/mol. The van der Waals surface area contributed by atoms with Crippen LogP contribution in [0.15, 0.2) is 17.5 Å². The summed E-state index contributed by atoms with van der Waals surface area (Å²) in [6.45, 7) is 5.47. The lowest BCUT2D eigenvalue weighted by Crippen LogP contribution is -2.50. The molecule has 0 saturated heterocycles. The molecule has 0 aliphatic heterocycles. The van der Waals surface area contributed by atoms with Gasteiger partial charge in [0.05, 0.1) is 11.6 Å². The normalized spacial score (nSPS) is 13.7. The van der Waals surface area contributed by atoms with E-state index in [1.807, 2.05) is 24.4 Å². The molecule has 0 aromatic carbocycles. The summed E-state index contributed by atoms with van der Waals surface area (Å²) in [4.78, 5) is 14.8. The van der Waals surface area contributed by atoms with E-state index in [9.17, 15) is 4.79 Å². The fourth-order valence-electron chi connectivity index (χ4n) is 1.35. The fourth-order valence-corrected chi connectivity index (χ4v) is 2.18. The van der Waals surface area contributed by atoms with Gasteiger partial charge in [-0.15, -0.1) is 11.3 Å². The van der Waals surface area contributed by atoms with Crippen molar-refractivity contribution in [3.05, 3.63) is 22.4 Å². The standard InChI is InChI=1S/C11H18N2OS/c1-8(9-6-5-7-15-9)13(4)10(14)11(2,3)12/h5-8H,12H2,1-4H3. The zero-order chi connectivity index (χ0) is 11.6. The van der Waals surface area contributed by atoms with Crippen LogP contribution in [-0.4, -0.2) is 23.4 Å². The van der Waals surface area contributed by atoms with Gasteiger partial charge in [0.25, 0.3) is 0 Å². The van der Waals surface area contributed by atoms with Crippen LogP contribution in [-0.2, 0) is 4.79 Å². The Balaban J connectivity index is 2.78. The quantitative estimate of drug-likeness (QED) is 0.857. The summed E-state index contributed by atoms with van der Waals surface area (Å²) >= 11 is 1.65. The average molecular weight is 226 g/mol. The number of rotatable bonds is 3. The van der Waals surface area contributed by atoms with E-state index >= 15 is 0 Å². The molecule has 1 unspecified atom stereocenters. The molecule has 84 valence electrons. The Morgan fingerprint density at radius 3 is 2.60 bits per heavy atom. The lowest BCUT2D eigenvalue weighted by atomic mass is 10.0. The highest BCUT2D eigenvalue weighted by Gasteiger charge is 2.28. The fraction of sp³-hybridized carbons (Fsp3) is 0.545. The van der Waals surface area contributed by atoms with Crippen molar-refractivity contribution in [1.82, 2.24) is 4.90 Å². The first-order chi connectivity index (χ1) is 6.84. The van der Waals surface area contributed by atoms with Crippen molar-refractivity contribution in [2.45, 2.75) is 32.4 Å². The molecule has 0 fully saturated rings. The van der Waals surface area contributed by atoms with Crippen LogP contribution in [0.2, 0.25) is 0 Å². The first-order valence-electron chi connectivity index (χ1n) is 4.93. The van der Waals surface area contributed by atoms with E-state index in [-0.39, 0.29) is 11.9 Å². The Morgan fingerprint density at radius 1 is 1.60 bits per heavy atom. The number of carbonyl (C=O) groups excluding carboxylic acids is 1. The van der Waals surface area contributed by atoms with Gasteiger partial charge in [-0.25, -0.2) is 0 Å². The van der Waals surface area contributed by atoms with Gasteiger partial charge < -0.3 is 10.6 Å². The van der Waals surface area contributed by atoms with Gasteiger partial charge in [0.1, 0.15) is 0 Å². The van der Waals surface area contributed by atoms with Crippen LogP contribution in [0, 0.1) is 0 Å². The van der Waals surface area contributed by atoms with Gasteiger partial charge in [-0.2, -0.15) is 0 Å². The van der Waals surface area contributed by atoms with Gasteiger partial charge in [-0.1, -0.05) is 6.07 Å². The molecule has 15 heavy (non-hydrogen) atoms. The van der Waals surface area contributed by atoms with Crippen LogP contribution < -0.4 is 5.73 Å². The summed E-state index contributed by atoms with van der Waals surface area (Å²) in [5.41, 5.74) is 4.98. The van der Waals surface area contributed by atoms with Crippen LogP contribution in [0.1, 0.15) is 31.7 Å². The van der Waals surface area contributed by atoms with Gasteiger partial charge in [0, 0.05) is 11.9 Å². The van der Waals surface area contributed by atoms with Gasteiger partial charge in [0.2, 0.25) is 5.91 Å². The van der Waals surface area contributed by atoms with E-state index in [2.05, 4.69) is 0 Å². The molecule has 0 bridgehead atoms. The zero-order valence-corrected chi connectivity index (χ0v) is 10.5. The molecule has 1 heterocycles. The molecule has 1 rings (SSSR count). The second-order valence-corrected chi connectivity index (χ2v) is 5.31. The number of hydrogen-bond acceptors (Lipinski definition) is 3. The summed E-state index contributed by atoms with van der Waals surface area (Å²) in [7, 11) is 1.79. The molecule has 0 spiro atoms. The number of hydrogen-bond donors (Lipinski definition) is 1. The van der Waals surface area contributed by atoms with Gasteiger partial charge in [-0.3, -0.25) is 4.79 Å². The minimum atomic E-state index is -0.805. The van der Waals surface area contributed by atoms with Crippen molar-refractivity contribution in [1.29, 1.82) is 0 Å². The van der Waals surface area contributed by atoms with Crippen LogP contribution >= 0.6 is 11.3 Å². The predicted molar refractivity (Wildman–Crippen MR) is 63.8 cm³/mol. The van der Waals surface area contributed by atoms with E-state index in [0.29, 0.717) is 0 Å². The smallest absolute Gasteiger partial charge is 0.242 e. The van der Waals surface area contributed by atoms with E-state index < -0.39 is 5.54 Å². The Kier molecular flexibility index (Phi) is 3.52. The Hall–Kier alpha value is -0.870. The summed E-state index contributed by atoms with van der Waals surface area (Å²) in [5, 5.41) is 2.01. The Labute approximate surface area is 94.9 Å². The minimum Gasteiger partial charge on any atom is -0.337 e. The van der Waals surface area contributed by atoms with Crippen LogP contribution in [0.4, 0.5) is 0 Å². The van der Waals surface area contributed by atoms with E-state index in [0.717, 1.165) is 0 Å². The summed E-state index contributed by atoms with van der Waals surface area (Å²) in [5.74, 6) is -0.0385. The van der Waals surface area contributed by atoms with E-state index in [4.69, 9.17) is 5.73 Å². The average Bonchev–Trinajstić information content (AvgIpc) is 2.65. The largest absolute Gasteiger partial charge is 0.337 e. The molecule has 3 nitrogen and oxygen atoms in total. The van der Waals surface area contributed by atoms with Gasteiger partial charge >= 0.3 is 0 Å². The van der Waals surface area contributed by atoms with E-state index in [1.54, 1.807) is 37.1 Å².